The lowest BCUT2D eigenvalue weighted by atomic mass is 10.0. The Hall–Kier alpha value is -3.23. The second kappa shape index (κ2) is 7.31. The average Bonchev–Trinajstić information content (AvgIpc) is 2.94. The second-order valence-electron chi connectivity index (χ2n) is 7.53. The van der Waals surface area contributed by atoms with Crippen molar-refractivity contribution in [1.82, 2.24) is 15.1 Å². The number of alkyl carbamates (subject to hydrolysis) is 1. The minimum Gasteiger partial charge on any atom is -0.444 e. The molecule has 1 amide bonds. The summed E-state index contributed by atoms with van der Waals surface area (Å²) in [4.78, 5) is 11.9. The molecule has 154 valence electrons. The van der Waals surface area contributed by atoms with Crippen molar-refractivity contribution in [2.75, 3.05) is 5.73 Å². The molecule has 0 bridgehead atoms. The lowest BCUT2D eigenvalue weighted by molar-refractivity contribution is -0.156. The van der Waals surface area contributed by atoms with E-state index in [9.17, 15) is 18.0 Å². The standard InChI is InChI=1S/C20H21F3N4O2/c1-19(2,3)29-18(28)25-16(20(21,22)23)12-9-10-14-15(11-12)26-27(17(14)24)13-7-5-4-6-8-13/h4-11,16H,24H2,1-3H3,(H,25,28)/t16-/m0/s1. The Bertz CT molecular complexity index is 1020. The second-order valence-corrected chi connectivity index (χ2v) is 7.53. The summed E-state index contributed by atoms with van der Waals surface area (Å²) < 4.78 is 47.3. The molecule has 0 saturated carbocycles. The number of hydrogen-bond acceptors (Lipinski definition) is 4. The molecule has 1 heterocycles. The first-order valence-corrected chi connectivity index (χ1v) is 8.85. The third-order valence-electron chi connectivity index (χ3n) is 4.06. The third-order valence-corrected chi connectivity index (χ3v) is 4.06. The number of nitrogens with zero attached hydrogens (tertiary/aromatic N) is 2. The van der Waals surface area contributed by atoms with E-state index < -0.39 is 23.9 Å². The molecular formula is C20H21F3N4O2. The average molecular weight is 406 g/mol. The summed E-state index contributed by atoms with van der Waals surface area (Å²) in [5.41, 5.74) is 5.99. The largest absolute Gasteiger partial charge is 0.444 e. The fraction of sp³-hybridized carbons (Fsp3) is 0.300. The van der Waals surface area contributed by atoms with E-state index in [-0.39, 0.29) is 11.1 Å². The minimum absolute atomic E-state index is 0.173. The van der Waals surface area contributed by atoms with Gasteiger partial charge in [0.25, 0.3) is 0 Å². The molecule has 1 aromatic heterocycles. The fourth-order valence-electron chi connectivity index (χ4n) is 2.85. The molecule has 0 aliphatic carbocycles. The van der Waals surface area contributed by atoms with Gasteiger partial charge in [-0.3, -0.25) is 0 Å². The molecule has 3 rings (SSSR count). The maximum atomic E-state index is 13.6. The van der Waals surface area contributed by atoms with Crippen LogP contribution in [-0.2, 0) is 4.74 Å². The van der Waals surface area contributed by atoms with Gasteiger partial charge in [0, 0.05) is 5.39 Å². The van der Waals surface area contributed by atoms with Crippen molar-refractivity contribution >= 4 is 22.8 Å². The van der Waals surface area contributed by atoms with Crippen molar-refractivity contribution in [3.63, 3.8) is 0 Å². The van der Waals surface area contributed by atoms with Gasteiger partial charge in [-0.2, -0.15) is 18.3 Å². The number of para-hydroxylation sites is 1. The van der Waals surface area contributed by atoms with E-state index in [1.54, 1.807) is 45.0 Å². The number of hydrogen-bond donors (Lipinski definition) is 2. The Morgan fingerprint density at radius 1 is 1.14 bits per heavy atom. The van der Waals surface area contributed by atoms with Gasteiger partial charge >= 0.3 is 12.3 Å². The summed E-state index contributed by atoms with van der Waals surface area (Å²) in [6.45, 7) is 4.71. The number of nitrogen functional groups attached to an aromatic ring is 1. The molecule has 0 aliphatic rings. The van der Waals surface area contributed by atoms with E-state index >= 15 is 0 Å². The smallest absolute Gasteiger partial charge is 0.412 e. The van der Waals surface area contributed by atoms with Crippen LogP contribution in [0.1, 0.15) is 32.4 Å². The topological polar surface area (TPSA) is 82.2 Å². The number of anilines is 1. The normalized spacial score (nSPS) is 13.3. The molecule has 0 fully saturated rings. The highest BCUT2D eigenvalue weighted by atomic mass is 19.4. The molecule has 2 aromatic carbocycles. The van der Waals surface area contributed by atoms with Crippen LogP contribution in [-0.4, -0.2) is 27.7 Å². The van der Waals surface area contributed by atoms with Gasteiger partial charge in [-0.25, -0.2) is 9.48 Å². The van der Waals surface area contributed by atoms with Crippen LogP contribution >= 0.6 is 0 Å². The molecule has 3 N–H and O–H groups in total. The summed E-state index contributed by atoms with van der Waals surface area (Å²) in [5.74, 6) is 0.307. The Morgan fingerprint density at radius 3 is 2.38 bits per heavy atom. The minimum atomic E-state index is -4.72. The van der Waals surface area contributed by atoms with Gasteiger partial charge in [0.05, 0.1) is 11.2 Å². The number of nitrogens with two attached hydrogens (primary N) is 1. The number of ether oxygens (including phenoxy) is 1. The predicted octanol–water partition coefficient (Wildman–Crippen LogP) is 4.74. The van der Waals surface area contributed by atoms with Crippen LogP contribution in [0.5, 0.6) is 0 Å². The summed E-state index contributed by atoms with van der Waals surface area (Å²) in [6.07, 6.45) is -5.88. The summed E-state index contributed by atoms with van der Waals surface area (Å²) in [7, 11) is 0. The van der Waals surface area contributed by atoms with Crippen LogP contribution in [0.2, 0.25) is 0 Å². The Balaban J connectivity index is 1.99. The molecule has 29 heavy (non-hydrogen) atoms. The van der Waals surface area contributed by atoms with E-state index in [2.05, 4.69) is 5.10 Å². The highest BCUT2D eigenvalue weighted by Crippen LogP contribution is 2.35. The SMILES string of the molecule is CC(C)(C)OC(=O)N[C@@H](c1ccc2c(N)n(-c3ccccc3)nc2c1)C(F)(F)F. The number of carbonyl (C=O) groups excluding carboxylic acids is 1. The van der Waals surface area contributed by atoms with Crippen molar-refractivity contribution in [2.45, 2.75) is 38.6 Å². The first-order chi connectivity index (χ1) is 13.5. The molecule has 0 spiro atoms. The van der Waals surface area contributed by atoms with Gasteiger partial charge in [-0.1, -0.05) is 24.3 Å². The summed E-state index contributed by atoms with van der Waals surface area (Å²) in [5, 5.41) is 6.73. The molecule has 0 unspecified atom stereocenters. The van der Waals surface area contributed by atoms with Gasteiger partial charge in [0.1, 0.15) is 11.4 Å². The fourth-order valence-corrected chi connectivity index (χ4v) is 2.85. The van der Waals surface area contributed by atoms with Crippen LogP contribution in [0.15, 0.2) is 48.5 Å². The summed E-state index contributed by atoms with van der Waals surface area (Å²) in [6, 6.07) is 10.8. The summed E-state index contributed by atoms with van der Waals surface area (Å²) >= 11 is 0. The molecule has 6 nitrogen and oxygen atoms in total. The van der Waals surface area contributed by atoms with Crippen molar-refractivity contribution in [3.05, 3.63) is 54.1 Å². The van der Waals surface area contributed by atoms with Gasteiger partial charge < -0.3 is 15.8 Å². The number of halogens is 3. The van der Waals surface area contributed by atoms with Gasteiger partial charge in [-0.05, 0) is 50.6 Å². The van der Waals surface area contributed by atoms with E-state index in [0.29, 0.717) is 16.9 Å². The Labute approximate surface area is 165 Å². The maximum Gasteiger partial charge on any atom is 0.412 e. The van der Waals surface area contributed by atoms with Crippen LogP contribution < -0.4 is 11.1 Å². The van der Waals surface area contributed by atoms with E-state index in [4.69, 9.17) is 10.5 Å². The van der Waals surface area contributed by atoms with E-state index in [1.165, 1.54) is 22.9 Å². The zero-order valence-electron chi connectivity index (χ0n) is 16.1. The van der Waals surface area contributed by atoms with Crippen molar-refractivity contribution < 1.29 is 22.7 Å². The van der Waals surface area contributed by atoms with Gasteiger partial charge in [0.2, 0.25) is 0 Å². The Kier molecular flexibility index (Phi) is 5.16. The first-order valence-electron chi connectivity index (χ1n) is 8.85. The highest BCUT2D eigenvalue weighted by molar-refractivity contribution is 5.90. The highest BCUT2D eigenvalue weighted by Gasteiger charge is 2.43. The molecule has 0 saturated heterocycles. The third kappa shape index (κ3) is 4.61. The number of nitrogens with one attached hydrogen (secondary N) is 1. The number of rotatable bonds is 3. The number of aromatic nitrogens is 2. The van der Waals surface area contributed by atoms with Crippen molar-refractivity contribution in [1.29, 1.82) is 0 Å². The number of alkyl halides is 3. The number of amides is 1. The monoisotopic (exact) mass is 406 g/mol. The quantitative estimate of drug-likeness (QED) is 0.659. The molecule has 9 heteroatoms. The number of fused-ring (bicyclic) bond motifs is 1. The van der Waals surface area contributed by atoms with E-state index in [1.807, 2.05) is 11.4 Å². The Morgan fingerprint density at radius 2 is 1.79 bits per heavy atom. The molecule has 3 aromatic rings. The first kappa shape index (κ1) is 20.5. The molecule has 0 aliphatic heterocycles. The zero-order chi connectivity index (χ0) is 21.4. The predicted molar refractivity (Wildman–Crippen MR) is 104 cm³/mol. The van der Waals surface area contributed by atoms with Crippen LogP contribution in [0, 0.1) is 0 Å². The van der Waals surface area contributed by atoms with Crippen LogP contribution in [0.25, 0.3) is 16.6 Å². The van der Waals surface area contributed by atoms with Gasteiger partial charge in [-0.15, -0.1) is 0 Å². The maximum absolute atomic E-state index is 13.6. The molecule has 0 radical (unpaired) electrons. The zero-order valence-corrected chi connectivity index (χ0v) is 16.1. The van der Waals surface area contributed by atoms with Crippen LogP contribution in [0.4, 0.5) is 23.8 Å². The molecular weight excluding hydrogens is 385 g/mol. The van der Waals surface area contributed by atoms with Gasteiger partial charge in [0.15, 0.2) is 6.04 Å². The van der Waals surface area contributed by atoms with Crippen molar-refractivity contribution in [2.24, 2.45) is 0 Å². The lowest BCUT2D eigenvalue weighted by Crippen LogP contribution is -2.41. The molecule has 1 atom stereocenters. The lowest BCUT2D eigenvalue weighted by Gasteiger charge is -2.25. The van der Waals surface area contributed by atoms with E-state index in [0.717, 1.165) is 0 Å². The van der Waals surface area contributed by atoms with Crippen molar-refractivity contribution in [3.8, 4) is 5.69 Å². The van der Waals surface area contributed by atoms with Crippen LogP contribution in [0.3, 0.4) is 0 Å². The number of benzene rings is 2. The number of carbonyl (C=O) groups is 1.